The normalized spacial score (nSPS) is 11.7. The fourth-order valence-corrected chi connectivity index (χ4v) is 7.05. The molecule has 0 aliphatic heterocycles. The second kappa shape index (κ2) is 11.0. The first kappa shape index (κ1) is 27.5. The molecule has 4 nitrogen and oxygen atoms in total. The van der Waals surface area contributed by atoms with E-state index >= 15 is 0 Å². The molecule has 2 heterocycles. The van der Waals surface area contributed by atoms with E-state index in [1.54, 1.807) is 0 Å². The van der Waals surface area contributed by atoms with Crippen LogP contribution in [-0.4, -0.2) is 15.0 Å². The number of hydrogen-bond acceptors (Lipinski definition) is 4. The van der Waals surface area contributed by atoms with Gasteiger partial charge in [-0.2, -0.15) is 0 Å². The van der Waals surface area contributed by atoms with Gasteiger partial charge in [0, 0.05) is 27.5 Å². The Morgan fingerprint density at radius 3 is 1.71 bits per heavy atom. The van der Waals surface area contributed by atoms with Crippen molar-refractivity contribution in [3.05, 3.63) is 164 Å². The predicted molar refractivity (Wildman–Crippen MR) is 201 cm³/mol. The maximum Gasteiger partial charge on any atom is 0.164 e. The topological polar surface area (TPSA) is 51.8 Å². The highest BCUT2D eigenvalue weighted by Gasteiger charge is 2.17. The molecule has 0 spiro atoms. The van der Waals surface area contributed by atoms with Crippen LogP contribution in [0.4, 0.5) is 0 Å². The lowest BCUT2D eigenvalue weighted by atomic mass is 9.97. The third-order valence-corrected chi connectivity index (χ3v) is 9.49. The molecular formula is C45H27N3O. The van der Waals surface area contributed by atoms with Gasteiger partial charge in [0.05, 0.1) is 0 Å². The van der Waals surface area contributed by atoms with Crippen molar-refractivity contribution in [1.82, 2.24) is 15.0 Å². The molecule has 0 bridgehead atoms. The smallest absolute Gasteiger partial charge is 0.164 e. The SMILES string of the molecule is c1ccc2cc(-c3nc(-c4ccc(-c5cccc6oc7cc8ccccc8cc7c56)cc4)nc(-c4cccc5ccccc45)n3)ccc2c1. The molecule has 0 amide bonds. The second-order valence-corrected chi connectivity index (χ2v) is 12.4. The Morgan fingerprint density at radius 1 is 0.327 bits per heavy atom. The minimum absolute atomic E-state index is 0.631. The highest BCUT2D eigenvalue weighted by atomic mass is 16.3. The fourth-order valence-electron chi connectivity index (χ4n) is 7.05. The van der Waals surface area contributed by atoms with Crippen LogP contribution in [0.1, 0.15) is 0 Å². The molecule has 49 heavy (non-hydrogen) atoms. The summed E-state index contributed by atoms with van der Waals surface area (Å²) in [6, 6.07) is 57.0. The molecule has 10 aromatic rings. The Balaban J connectivity index is 1.12. The summed E-state index contributed by atoms with van der Waals surface area (Å²) in [6.07, 6.45) is 0. The number of aromatic nitrogens is 3. The van der Waals surface area contributed by atoms with Crippen molar-refractivity contribution in [2.24, 2.45) is 0 Å². The van der Waals surface area contributed by atoms with Crippen molar-refractivity contribution in [1.29, 1.82) is 0 Å². The molecule has 10 rings (SSSR count). The van der Waals surface area contributed by atoms with Gasteiger partial charge in [-0.15, -0.1) is 0 Å². The van der Waals surface area contributed by atoms with Crippen LogP contribution >= 0.6 is 0 Å². The summed E-state index contributed by atoms with van der Waals surface area (Å²) in [4.78, 5) is 15.2. The molecule has 0 aliphatic carbocycles. The van der Waals surface area contributed by atoms with E-state index < -0.39 is 0 Å². The summed E-state index contributed by atoms with van der Waals surface area (Å²) in [5.41, 5.74) is 6.85. The first-order valence-corrected chi connectivity index (χ1v) is 16.4. The van der Waals surface area contributed by atoms with Gasteiger partial charge in [0.15, 0.2) is 17.5 Å². The number of benzene rings is 8. The number of nitrogens with zero attached hydrogens (tertiary/aromatic N) is 3. The summed E-state index contributed by atoms with van der Waals surface area (Å²) < 4.78 is 6.36. The van der Waals surface area contributed by atoms with Crippen molar-refractivity contribution < 1.29 is 4.42 Å². The zero-order valence-corrected chi connectivity index (χ0v) is 26.3. The Kier molecular flexibility index (Phi) is 6.15. The van der Waals surface area contributed by atoms with E-state index in [0.717, 1.165) is 65.9 Å². The molecule has 0 saturated carbocycles. The second-order valence-electron chi connectivity index (χ2n) is 12.4. The summed E-state index contributed by atoms with van der Waals surface area (Å²) in [7, 11) is 0. The summed E-state index contributed by atoms with van der Waals surface area (Å²) >= 11 is 0. The van der Waals surface area contributed by atoms with E-state index in [1.165, 1.54) is 16.2 Å². The first-order chi connectivity index (χ1) is 24.2. The van der Waals surface area contributed by atoms with Crippen LogP contribution in [0.25, 0.3) is 99.5 Å². The van der Waals surface area contributed by atoms with Crippen LogP contribution in [0.3, 0.4) is 0 Å². The predicted octanol–water partition coefficient (Wildman–Crippen LogP) is 11.9. The third-order valence-electron chi connectivity index (χ3n) is 9.49. The van der Waals surface area contributed by atoms with Crippen LogP contribution < -0.4 is 0 Å². The lowest BCUT2D eigenvalue weighted by Gasteiger charge is -2.11. The van der Waals surface area contributed by atoms with E-state index in [1.807, 2.05) is 6.07 Å². The maximum atomic E-state index is 6.36. The quantitative estimate of drug-likeness (QED) is 0.195. The van der Waals surface area contributed by atoms with Crippen molar-refractivity contribution in [2.75, 3.05) is 0 Å². The first-order valence-electron chi connectivity index (χ1n) is 16.4. The van der Waals surface area contributed by atoms with E-state index in [9.17, 15) is 0 Å². The third kappa shape index (κ3) is 4.65. The zero-order valence-electron chi connectivity index (χ0n) is 26.3. The Hall–Kier alpha value is -6.65. The van der Waals surface area contributed by atoms with Crippen molar-refractivity contribution in [3.63, 3.8) is 0 Å². The number of fused-ring (bicyclic) bond motifs is 6. The molecule has 0 N–H and O–H groups in total. The van der Waals surface area contributed by atoms with E-state index in [0.29, 0.717) is 17.5 Å². The van der Waals surface area contributed by atoms with Crippen LogP contribution in [0.2, 0.25) is 0 Å². The molecule has 0 atom stereocenters. The van der Waals surface area contributed by atoms with Gasteiger partial charge < -0.3 is 4.42 Å². The maximum absolute atomic E-state index is 6.36. The molecule has 228 valence electrons. The van der Waals surface area contributed by atoms with Gasteiger partial charge >= 0.3 is 0 Å². The molecule has 8 aromatic carbocycles. The molecule has 0 fully saturated rings. The lowest BCUT2D eigenvalue weighted by molar-refractivity contribution is 0.669. The molecule has 0 saturated heterocycles. The van der Waals surface area contributed by atoms with E-state index in [-0.39, 0.29) is 0 Å². The highest BCUT2D eigenvalue weighted by Crippen LogP contribution is 2.39. The molecule has 2 aromatic heterocycles. The molecule has 0 aliphatic rings. The van der Waals surface area contributed by atoms with Crippen LogP contribution in [0, 0.1) is 0 Å². The van der Waals surface area contributed by atoms with Gasteiger partial charge in [-0.05, 0) is 67.7 Å². The van der Waals surface area contributed by atoms with Gasteiger partial charge in [-0.25, -0.2) is 15.0 Å². The van der Waals surface area contributed by atoms with Crippen molar-refractivity contribution >= 4 is 54.3 Å². The van der Waals surface area contributed by atoms with E-state index in [4.69, 9.17) is 19.4 Å². The number of rotatable bonds is 4. The summed E-state index contributed by atoms with van der Waals surface area (Å²) in [6.45, 7) is 0. The average molecular weight is 626 g/mol. The lowest BCUT2D eigenvalue weighted by Crippen LogP contribution is -2.00. The molecule has 0 radical (unpaired) electrons. The standard InChI is InChI=1S/C45H27N3O/c1-2-11-32-25-35(24-19-28(32)9-1)44-46-43(47-45(48-44)38-17-7-14-29-10-5-6-15-36(29)38)31-22-20-30(21-23-31)37-16-8-18-40-42(37)39-26-33-12-3-4-13-34(33)27-41(39)49-40/h1-27H. The molecule has 0 unspecified atom stereocenters. The molecular weight excluding hydrogens is 599 g/mol. The van der Waals surface area contributed by atoms with Crippen LogP contribution in [-0.2, 0) is 0 Å². The number of hydrogen-bond donors (Lipinski definition) is 0. The van der Waals surface area contributed by atoms with Gasteiger partial charge in [0.2, 0.25) is 0 Å². The van der Waals surface area contributed by atoms with Gasteiger partial charge in [-0.1, -0.05) is 140 Å². The monoisotopic (exact) mass is 625 g/mol. The van der Waals surface area contributed by atoms with Gasteiger partial charge in [0.1, 0.15) is 11.2 Å². The summed E-state index contributed by atoms with van der Waals surface area (Å²) in [5, 5.41) is 9.18. The fraction of sp³-hybridized carbons (Fsp3) is 0. The largest absolute Gasteiger partial charge is 0.456 e. The minimum Gasteiger partial charge on any atom is -0.456 e. The van der Waals surface area contributed by atoms with Gasteiger partial charge in [-0.3, -0.25) is 0 Å². The molecule has 4 heteroatoms. The van der Waals surface area contributed by atoms with Crippen LogP contribution in [0.5, 0.6) is 0 Å². The van der Waals surface area contributed by atoms with Gasteiger partial charge in [0.25, 0.3) is 0 Å². The average Bonchev–Trinajstić information content (AvgIpc) is 3.54. The van der Waals surface area contributed by atoms with Crippen molar-refractivity contribution in [2.45, 2.75) is 0 Å². The Labute approximate surface area is 282 Å². The zero-order chi connectivity index (χ0) is 32.3. The van der Waals surface area contributed by atoms with Crippen LogP contribution in [0.15, 0.2) is 168 Å². The van der Waals surface area contributed by atoms with E-state index in [2.05, 4.69) is 158 Å². The highest BCUT2D eigenvalue weighted by molar-refractivity contribution is 6.15. The Morgan fingerprint density at radius 2 is 0.898 bits per heavy atom. The van der Waals surface area contributed by atoms with Crippen molar-refractivity contribution in [3.8, 4) is 45.3 Å². The summed E-state index contributed by atoms with van der Waals surface area (Å²) in [5.74, 6) is 1.92. The number of furan rings is 1. The Bertz CT molecular complexity index is 2880. The minimum atomic E-state index is 0.631.